The Kier molecular flexibility index (Phi) is 3.29. The van der Waals surface area contributed by atoms with Crippen LogP contribution in [0.25, 0.3) is 26.7 Å². The quantitative estimate of drug-likeness (QED) is 0.528. The number of aromatic nitrogens is 4. The molecule has 22 heavy (non-hydrogen) atoms. The van der Waals surface area contributed by atoms with Gasteiger partial charge in [-0.15, -0.1) is 0 Å². The molecule has 0 aliphatic heterocycles. The van der Waals surface area contributed by atoms with Gasteiger partial charge in [0.1, 0.15) is 0 Å². The van der Waals surface area contributed by atoms with E-state index in [1.807, 2.05) is 48.5 Å². The second-order valence-electron chi connectivity index (χ2n) is 4.63. The molecular weight excluding hydrogens is 336 g/mol. The molecule has 0 amide bonds. The monoisotopic (exact) mass is 344 g/mol. The van der Waals surface area contributed by atoms with Crippen molar-refractivity contribution in [2.45, 2.75) is 0 Å². The molecule has 108 valence electrons. The molecule has 4 nitrogen and oxygen atoms in total. The third kappa shape index (κ3) is 2.25. The van der Waals surface area contributed by atoms with E-state index in [4.69, 9.17) is 23.8 Å². The van der Waals surface area contributed by atoms with Crippen molar-refractivity contribution in [1.82, 2.24) is 19.7 Å². The number of aromatic amines is 1. The molecule has 4 aromatic rings. The molecule has 0 saturated heterocycles. The lowest BCUT2D eigenvalue weighted by Gasteiger charge is -2.04. The zero-order valence-electron chi connectivity index (χ0n) is 11.2. The number of thiazole rings is 1. The van der Waals surface area contributed by atoms with Gasteiger partial charge in [0.2, 0.25) is 9.90 Å². The first kappa shape index (κ1) is 13.6. The van der Waals surface area contributed by atoms with Crippen LogP contribution in [0.4, 0.5) is 0 Å². The molecule has 0 spiro atoms. The normalized spacial score (nSPS) is 11.1. The van der Waals surface area contributed by atoms with Gasteiger partial charge in [0.15, 0.2) is 5.82 Å². The van der Waals surface area contributed by atoms with E-state index < -0.39 is 0 Å². The predicted octanol–water partition coefficient (Wildman–Crippen LogP) is 4.86. The Hall–Kier alpha value is -2.02. The molecule has 0 saturated carbocycles. The summed E-state index contributed by atoms with van der Waals surface area (Å²) >= 11 is 13.0. The fourth-order valence-corrected chi connectivity index (χ4v) is 3.56. The maximum Gasteiger partial charge on any atom is 0.214 e. The van der Waals surface area contributed by atoms with E-state index in [0.717, 1.165) is 20.9 Å². The molecule has 0 aliphatic rings. The smallest absolute Gasteiger partial charge is 0.214 e. The van der Waals surface area contributed by atoms with Gasteiger partial charge in [-0.2, -0.15) is 4.98 Å². The summed E-state index contributed by atoms with van der Waals surface area (Å²) in [5, 5.41) is 4.46. The minimum absolute atomic E-state index is 0.397. The van der Waals surface area contributed by atoms with E-state index in [1.165, 1.54) is 0 Å². The van der Waals surface area contributed by atoms with Crippen LogP contribution >= 0.6 is 35.2 Å². The van der Waals surface area contributed by atoms with Crippen LogP contribution < -0.4 is 0 Å². The highest BCUT2D eigenvalue weighted by Gasteiger charge is 2.15. The highest BCUT2D eigenvalue weighted by molar-refractivity contribution is 7.71. The summed E-state index contributed by atoms with van der Waals surface area (Å²) in [5.41, 5.74) is 1.76. The number of benzene rings is 2. The second kappa shape index (κ2) is 5.31. The molecular formula is C15H9ClN4S2. The lowest BCUT2D eigenvalue weighted by atomic mass is 10.2. The number of fused-ring (bicyclic) bond motifs is 1. The average Bonchev–Trinajstić information content (AvgIpc) is 3.10. The van der Waals surface area contributed by atoms with Crippen LogP contribution in [0, 0.1) is 4.77 Å². The van der Waals surface area contributed by atoms with Gasteiger partial charge in [0.05, 0.1) is 15.2 Å². The maximum absolute atomic E-state index is 6.29. The number of hydrogen-bond donors (Lipinski definition) is 1. The molecule has 0 aliphatic carbocycles. The topological polar surface area (TPSA) is 46.5 Å². The standard InChI is InChI=1S/C15H9ClN4S2/c16-10-6-2-1-5-9(10)13-18-14(21)19-20(13)15-17-11-7-3-4-8-12(11)22-15/h1-8H,(H,19,21). The molecule has 2 aromatic heterocycles. The van der Waals surface area contributed by atoms with Crippen molar-refractivity contribution in [3.05, 3.63) is 58.3 Å². The Labute approximate surface area is 140 Å². The second-order valence-corrected chi connectivity index (χ2v) is 6.43. The Morgan fingerprint density at radius 3 is 2.64 bits per heavy atom. The van der Waals surface area contributed by atoms with Gasteiger partial charge >= 0.3 is 0 Å². The third-order valence-corrected chi connectivity index (χ3v) is 4.75. The van der Waals surface area contributed by atoms with Crippen LogP contribution in [0.1, 0.15) is 0 Å². The van der Waals surface area contributed by atoms with Crippen LogP contribution in [0.3, 0.4) is 0 Å². The van der Waals surface area contributed by atoms with Crippen molar-refractivity contribution in [3.63, 3.8) is 0 Å². The molecule has 0 radical (unpaired) electrons. The van der Waals surface area contributed by atoms with E-state index >= 15 is 0 Å². The predicted molar refractivity (Wildman–Crippen MR) is 92.4 cm³/mol. The summed E-state index contributed by atoms with van der Waals surface area (Å²) in [6, 6.07) is 15.5. The van der Waals surface area contributed by atoms with Gasteiger partial charge in [-0.05, 0) is 36.5 Å². The van der Waals surface area contributed by atoms with Crippen LogP contribution in [0.5, 0.6) is 0 Å². The number of rotatable bonds is 2. The summed E-state index contributed by atoms with van der Waals surface area (Å²) in [6.45, 7) is 0. The Balaban J connectivity index is 1.96. The van der Waals surface area contributed by atoms with Gasteiger partial charge in [-0.3, -0.25) is 5.10 Å². The average molecular weight is 345 g/mol. The van der Waals surface area contributed by atoms with Crippen LogP contribution in [0.2, 0.25) is 5.02 Å². The molecule has 0 atom stereocenters. The minimum atomic E-state index is 0.397. The van der Waals surface area contributed by atoms with Gasteiger partial charge in [-0.1, -0.05) is 47.2 Å². The number of halogens is 1. The molecule has 2 aromatic carbocycles. The Morgan fingerprint density at radius 1 is 1.05 bits per heavy atom. The van der Waals surface area contributed by atoms with Crippen molar-refractivity contribution < 1.29 is 0 Å². The summed E-state index contributed by atoms with van der Waals surface area (Å²) in [5.74, 6) is 0.662. The van der Waals surface area contributed by atoms with Gasteiger partial charge in [0, 0.05) is 5.56 Å². The van der Waals surface area contributed by atoms with Crippen molar-refractivity contribution in [3.8, 4) is 16.5 Å². The zero-order valence-corrected chi connectivity index (χ0v) is 13.5. The molecule has 0 fully saturated rings. The SMILES string of the molecule is S=c1nc(-c2ccccc2Cl)n(-c2nc3ccccc3s2)[nH]1. The number of H-pyrrole nitrogens is 1. The Bertz CT molecular complexity index is 998. The van der Waals surface area contributed by atoms with E-state index in [-0.39, 0.29) is 0 Å². The van der Waals surface area contributed by atoms with E-state index in [2.05, 4.69) is 15.1 Å². The zero-order chi connectivity index (χ0) is 15.1. The molecule has 7 heteroatoms. The molecule has 0 bridgehead atoms. The third-order valence-electron chi connectivity index (χ3n) is 3.22. The minimum Gasteiger partial charge on any atom is -0.264 e. The number of nitrogens with zero attached hydrogens (tertiary/aromatic N) is 3. The van der Waals surface area contributed by atoms with Crippen LogP contribution in [0.15, 0.2) is 48.5 Å². The largest absolute Gasteiger partial charge is 0.264 e. The number of hydrogen-bond acceptors (Lipinski definition) is 4. The van der Waals surface area contributed by atoms with Crippen LogP contribution in [-0.2, 0) is 0 Å². The first-order chi connectivity index (χ1) is 10.7. The summed E-state index contributed by atoms with van der Waals surface area (Å²) in [4.78, 5) is 9.03. The summed E-state index contributed by atoms with van der Waals surface area (Å²) < 4.78 is 3.29. The van der Waals surface area contributed by atoms with Crippen molar-refractivity contribution >= 4 is 45.4 Å². The molecule has 4 rings (SSSR count). The fraction of sp³-hybridized carbons (Fsp3) is 0. The number of nitrogens with one attached hydrogen (secondary N) is 1. The molecule has 2 heterocycles. The van der Waals surface area contributed by atoms with Crippen molar-refractivity contribution in [1.29, 1.82) is 0 Å². The first-order valence-corrected chi connectivity index (χ1v) is 8.12. The van der Waals surface area contributed by atoms with Crippen molar-refractivity contribution in [2.75, 3.05) is 0 Å². The highest BCUT2D eigenvalue weighted by atomic mass is 35.5. The lowest BCUT2D eigenvalue weighted by molar-refractivity contribution is 0.874. The fourth-order valence-electron chi connectivity index (χ4n) is 2.24. The lowest BCUT2D eigenvalue weighted by Crippen LogP contribution is -1.99. The summed E-state index contributed by atoms with van der Waals surface area (Å²) in [6.07, 6.45) is 0. The summed E-state index contributed by atoms with van der Waals surface area (Å²) in [7, 11) is 0. The van der Waals surface area contributed by atoms with E-state index in [0.29, 0.717) is 15.6 Å². The van der Waals surface area contributed by atoms with E-state index in [9.17, 15) is 0 Å². The Morgan fingerprint density at radius 2 is 1.82 bits per heavy atom. The van der Waals surface area contributed by atoms with Gasteiger partial charge in [-0.25, -0.2) is 9.67 Å². The van der Waals surface area contributed by atoms with Gasteiger partial charge < -0.3 is 0 Å². The first-order valence-electron chi connectivity index (χ1n) is 6.52. The van der Waals surface area contributed by atoms with Crippen LogP contribution in [-0.4, -0.2) is 19.7 Å². The molecule has 1 N–H and O–H groups in total. The van der Waals surface area contributed by atoms with E-state index in [1.54, 1.807) is 16.0 Å². The maximum atomic E-state index is 6.29. The van der Waals surface area contributed by atoms with Crippen molar-refractivity contribution in [2.24, 2.45) is 0 Å². The number of para-hydroxylation sites is 1. The van der Waals surface area contributed by atoms with Gasteiger partial charge in [0.25, 0.3) is 0 Å². The highest BCUT2D eigenvalue weighted by Crippen LogP contribution is 2.30. The molecule has 0 unspecified atom stereocenters.